The highest BCUT2D eigenvalue weighted by molar-refractivity contribution is 5.26. The molecule has 1 fully saturated rings. The van der Waals surface area contributed by atoms with Crippen LogP contribution >= 0.6 is 0 Å². The molecule has 1 aliphatic rings. The maximum Gasteiger partial charge on any atom is 0.128 e. The zero-order valence-corrected chi connectivity index (χ0v) is 11.4. The van der Waals surface area contributed by atoms with Gasteiger partial charge in [0.15, 0.2) is 0 Å². The van der Waals surface area contributed by atoms with Gasteiger partial charge in [0.2, 0.25) is 0 Å². The lowest BCUT2D eigenvalue weighted by Crippen LogP contribution is -2.45. The van der Waals surface area contributed by atoms with E-state index in [2.05, 4.69) is 17.1 Å². The van der Waals surface area contributed by atoms with Crippen molar-refractivity contribution in [3.05, 3.63) is 35.1 Å². The number of rotatable bonds is 4. The van der Waals surface area contributed by atoms with Crippen molar-refractivity contribution in [3.63, 3.8) is 0 Å². The second kappa shape index (κ2) is 6.30. The summed E-state index contributed by atoms with van der Waals surface area (Å²) in [7, 11) is 0. The van der Waals surface area contributed by atoms with Gasteiger partial charge in [-0.3, -0.25) is 4.90 Å². The molecule has 0 aliphatic carbocycles. The standard InChI is InChI=1S/C15H23FN2/c1-3-4-15(18-9-7-17-8-10-18)13-6-5-12(2)11-14(13)16/h5-6,11,15,17H,3-4,7-10H2,1-2H3/t15-/m1/s1. The van der Waals surface area contributed by atoms with E-state index in [0.29, 0.717) is 0 Å². The Balaban J connectivity index is 2.22. The minimum Gasteiger partial charge on any atom is -0.314 e. The first-order chi connectivity index (χ1) is 8.72. The van der Waals surface area contributed by atoms with Crippen LogP contribution in [0.25, 0.3) is 0 Å². The molecule has 18 heavy (non-hydrogen) atoms. The van der Waals surface area contributed by atoms with E-state index >= 15 is 0 Å². The van der Waals surface area contributed by atoms with Gasteiger partial charge in [0.05, 0.1) is 0 Å². The van der Waals surface area contributed by atoms with E-state index in [1.165, 1.54) is 0 Å². The van der Waals surface area contributed by atoms with Crippen molar-refractivity contribution in [2.75, 3.05) is 26.2 Å². The van der Waals surface area contributed by atoms with E-state index in [-0.39, 0.29) is 11.9 Å². The van der Waals surface area contributed by atoms with Gasteiger partial charge in [-0.25, -0.2) is 4.39 Å². The van der Waals surface area contributed by atoms with Crippen molar-refractivity contribution in [1.29, 1.82) is 0 Å². The molecule has 2 rings (SSSR count). The molecular weight excluding hydrogens is 227 g/mol. The van der Waals surface area contributed by atoms with Gasteiger partial charge in [0.1, 0.15) is 5.82 Å². The number of piperazine rings is 1. The van der Waals surface area contributed by atoms with Crippen LogP contribution in [0.1, 0.15) is 36.9 Å². The maximum atomic E-state index is 14.1. The molecular formula is C15H23FN2. The van der Waals surface area contributed by atoms with E-state index in [1.807, 2.05) is 19.1 Å². The van der Waals surface area contributed by atoms with Crippen LogP contribution < -0.4 is 5.32 Å². The Morgan fingerprint density at radius 3 is 2.67 bits per heavy atom. The third-order valence-electron chi connectivity index (χ3n) is 3.67. The van der Waals surface area contributed by atoms with Crippen molar-refractivity contribution < 1.29 is 4.39 Å². The first-order valence-electron chi connectivity index (χ1n) is 6.93. The number of nitrogens with zero attached hydrogens (tertiary/aromatic N) is 1. The van der Waals surface area contributed by atoms with Gasteiger partial charge in [0.25, 0.3) is 0 Å². The van der Waals surface area contributed by atoms with Crippen molar-refractivity contribution >= 4 is 0 Å². The Morgan fingerprint density at radius 1 is 1.33 bits per heavy atom. The predicted molar refractivity (Wildman–Crippen MR) is 73.2 cm³/mol. The van der Waals surface area contributed by atoms with Crippen LogP contribution in [0.5, 0.6) is 0 Å². The van der Waals surface area contributed by atoms with Gasteiger partial charge in [0, 0.05) is 37.8 Å². The lowest BCUT2D eigenvalue weighted by Gasteiger charge is -2.35. The average Bonchev–Trinajstić information content (AvgIpc) is 2.38. The number of hydrogen-bond acceptors (Lipinski definition) is 2. The molecule has 3 heteroatoms. The molecule has 0 aromatic heterocycles. The monoisotopic (exact) mass is 250 g/mol. The molecule has 0 bridgehead atoms. The number of halogens is 1. The van der Waals surface area contributed by atoms with Crippen molar-refractivity contribution in [2.24, 2.45) is 0 Å². The third kappa shape index (κ3) is 3.09. The molecule has 1 aliphatic heterocycles. The van der Waals surface area contributed by atoms with E-state index < -0.39 is 0 Å². The Labute approximate surface area is 109 Å². The van der Waals surface area contributed by atoms with Gasteiger partial charge in [-0.15, -0.1) is 0 Å². The Kier molecular flexibility index (Phi) is 4.72. The number of nitrogens with one attached hydrogen (secondary N) is 1. The van der Waals surface area contributed by atoms with Gasteiger partial charge in [-0.2, -0.15) is 0 Å². The topological polar surface area (TPSA) is 15.3 Å². The molecule has 2 nitrogen and oxygen atoms in total. The normalized spacial score (nSPS) is 18.8. The summed E-state index contributed by atoms with van der Waals surface area (Å²) in [6.07, 6.45) is 2.11. The summed E-state index contributed by atoms with van der Waals surface area (Å²) in [5.74, 6) is -0.0491. The molecule has 100 valence electrons. The Hall–Kier alpha value is -0.930. The molecule has 1 aromatic carbocycles. The van der Waals surface area contributed by atoms with Crippen LogP contribution in [0, 0.1) is 12.7 Å². The number of aryl methyl sites for hydroxylation is 1. The fourth-order valence-corrected chi connectivity index (χ4v) is 2.70. The van der Waals surface area contributed by atoms with Crippen molar-refractivity contribution in [3.8, 4) is 0 Å². The highest BCUT2D eigenvalue weighted by Gasteiger charge is 2.23. The quantitative estimate of drug-likeness (QED) is 0.884. The summed E-state index contributed by atoms with van der Waals surface area (Å²) in [5, 5.41) is 3.35. The van der Waals surface area contributed by atoms with Gasteiger partial charge in [-0.1, -0.05) is 25.5 Å². The molecule has 0 unspecified atom stereocenters. The minimum atomic E-state index is -0.0491. The maximum absolute atomic E-state index is 14.1. The number of hydrogen-bond donors (Lipinski definition) is 1. The lowest BCUT2D eigenvalue weighted by molar-refractivity contribution is 0.161. The Morgan fingerprint density at radius 2 is 2.06 bits per heavy atom. The van der Waals surface area contributed by atoms with Crippen LogP contribution in [-0.4, -0.2) is 31.1 Å². The molecule has 0 saturated carbocycles. The fraction of sp³-hybridized carbons (Fsp3) is 0.600. The molecule has 0 radical (unpaired) electrons. The summed E-state index contributed by atoms with van der Waals surface area (Å²) >= 11 is 0. The van der Waals surface area contributed by atoms with Crippen LogP contribution in [0.15, 0.2) is 18.2 Å². The van der Waals surface area contributed by atoms with E-state index in [9.17, 15) is 4.39 Å². The minimum absolute atomic E-state index is 0.0491. The lowest BCUT2D eigenvalue weighted by atomic mass is 9.98. The molecule has 1 saturated heterocycles. The molecule has 1 N–H and O–H groups in total. The van der Waals surface area contributed by atoms with E-state index in [1.54, 1.807) is 6.07 Å². The first kappa shape index (κ1) is 13.5. The summed E-state index contributed by atoms with van der Waals surface area (Å²) in [5.41, 5.74) is 1.86. The van der Waals surface area contributed by atoms with Crippen LogP contribution in [-0.2, 0) is 0 Å². The summed E-state index contributed by atoms with van der Waals surface area (Å²) in [6, 6.07) is 5.87. The van der Waals surface area contributed by atoms with Crippen LogP contribution in [0.4, 0.5) is 4.39 Å². The zero-order valence-electron chi connectivity index (χ0n) is 11.4. The van der Waals surface area contributed by atoms with Gasteiger partial charge >= 0.3 is 0 Å². The SMILES string of the molecule is CCC[C@H](c1ccc(C)cc1F)N1CCNCC1. The van der Waals surface area contributed by atoms with Gasteiger partial charge < -0.3 is 5.32 Å². The van der Waals surface area contributed by atoms with Crippen LogP contribution in [0.2, 0.25) is 0 Å². The fourth-order valence-electron chi connectivity index (χ4n) is 2.70. The zero-order chi connectivity index (χ0) is 13.0. The van der Waals surface area contributed by atoms with E-state index in [0.717, 1.165) is 50.1 Å². The number of benzene rings is 1. The summed E-state index contributed by atoms with van der Waals surface area (Å²) in [6.45, 7) is 8.14. The molecule has 1 aromatic rings. The smallest absolute Gasteiger partial charge is 0.128 e. The second-order valence-electron chi connectivity index (χ2n) is 5.12. The summed E-state index contributed by atoms with van der Waals surface area (Å²) in [4.78, 5) is 2.41. The van der Waals surface area contributed by atoms with Crippen molar-refractivity contribution in [2.45, 2.75) is 32.7 Å². The second-order valence-corrected chi connectivity index (χ2v) is 5.12. The predicted octanol–water partition coefficient (Wildman–Crippen LogP) is 2.88. The van der Waals surface area contributed by atoms with Gasteiger partial charge in [-0.05, 0) is 25.0 Å². The third-order valence-corrected chi connectivity index (χ3v) is 3.67. The molecule has 1 atom stereocenters. The molecule has 1 heterocycles. The largest absolute Gasteiger partial charge is 0.314 e. The molecule has 0 amide bonds. The Bertz CT molecular complexity index is 386. The molecule has 0 spiro atoms. The van der Waals surface area contributed by atoms with E-state index in [4.69, 9.17) is 0 Å². The first-order valence-corrected chi connectivity index (χ1v) is 6.93. The highest BCUT2D eigenvalue weighted by atomic mass is 19.1. The van der Waals surface area contributed by atoms with Crippen molar-refractivity contribution in [1.82, 2.24) is 10.2 Å². The highest BCUT2D eigenvalue weighted by Crippen LogP contribution is 2.28. The van der Waals surface area contributed by atoms with Crippen LogP contribution in [0.3, 0.4) is 0 Å². The average molecular weight is 250 g/mol. The summed E-state index contributed by atoms with van der Waals surface area (Å²) < 4.78 is 14.1.